The highest BCUT2D eigenvalue weighted by atomic mass is 79.9. The van der Waals surface area contributed by atoms with Gasteiger partial charge in [-0.25, -0.2) is 0 Å². The molecule has 0 N–H and O–H groups in total. The predicted molar refractivity (Wildman–Crippen MR) is 63.6 cm³/mol. The Morgan fingerprint density at radius 3 is 2.59 bits per heavy atom. The summed E-state index contributed by atoms with van der Waals surface area (Å²) >= 11 is 3.22. The maximum Gasteiger partial charge on any atom is 0.417 e. The Balaban J connectivity index is 3.11. The Bertz CT molecular complexity index is 458. The van der Waals surface area contributed by atoms with E-state index in [0.717, 1.165) is 17.8 Å². The summed E-state index contributed by atoms with van der Waals surface area (Å²) in [4.78, 5) is 0. The number of halogens is 4. The van der Waals surface area contributed by atoms with Crippen molar-refractivity contribution in [1.82, 2.24) is 0 Å². The van der Waals surface area contributed by atoms with Crippen LogP contribution in [0.5, 0.6) is 0 Å². The van der Waals surface area contributed by atoms with Gasteiger partial charge in [0.1, 0.15) is 0 Å². The van der Waals surface area contributed by atoms with Crippen molar-refractivity contribution < 1.29 is 13.2 Å². The Labute approximate surface area is 106 Å². The summed E-state index contributed by atoms with van der Waals surface area (Å²) in [7, 11) is 0. The SMILES string of the molecule is N#Cc1ccc(C=CCCBr)cc1C(F)(F)F. The molecule has 5 heteroatoms. The number of allylic oxidation sites excluding steroid dienone is 1. The molecule has 1 aromatic carbocycles. The molecule has 17 heavy (non-hydrogen) atoms. The fourth-order valence-electron chi connectivity index (χ4n) is 1.28. The summed E-state index contributed by atoms with van der Waals surface area (Å²) in [6.45, 7) is 0. The lowest BCUT2D eigenvalue weighted by atomic mass is 10.0. The normalized spacial score (nSPS) is 11.7. The van der Waals surface area contributed by atoms with E-state index in [4.69, 9.17) is 5.26 Å². The van der Waals surface area contributed by atoms with Gasteiger partial charge in [0.15, 0.2) is 0 Å². The van der Waals surface area contributed by atoms with Crippen LogP contribution in [0.4, 0.5) is 13.2 Å². The van der Waals surface area contributed by atoms with Crippen molar-refractivity contribution in [3.63, 3.8) is 0 Å². The van der Waals surface area contributed by atoms with Gasteiger partial charge in [0.25, 0.3) is 0 Å². The molecule has 0 bridgehead atoms. The molecule has 0 aliphatic carbocycles. The van der Waals surface area contributed by atoms with Crippen molar-refractivity contribution in [1.29, 1.82) is 5.26 Å². The summed E-state index contributed by atoms with van der Waals surface area (Å²) in [6, 6.07) is 5.22. The molecule has 0 radical (unpaired) electrons. The number of rotatable bonds is 3. The van der Waals surface area contributed by atoms with E-state index in [1.807, 2.05) is 0 Å². The highest BCUT2D eigenvalue weighted by molar-refractivity contribution is 9.09. The van der Waals surface area contributed by atoms with Gasteiger partial charge in [-0.05, 0) is 24.1 Å². The first kappa shape index (κ1) is 13.8. The first-order chi connectivity index (χ1) is 7.99. The Morgan fingerprint density at radius 2 is 2.06 bits per heavy atom. The van der Waals surface area contributed by atoms with Crippen LogP contribution in [0.1, 0.15) is 23.1 Å². The molecule has 0 unspecified atom stereocenters. The Morgan fingerprint density at radius 1 is 1.35 bits per heavy atom. The van der Waals surface area contributed by atoms with Crippen molar-refractivity contribution in [3.05, 3.63) is 41.0 Å². The first-order valence-electron chi connectivity index (χ1n) is 4.83. The van der Waals surface area contributed by atoms with Crippen molar-refractivity contribution in [2.45, 2.75) is 12.6 Å². The smallest absolute Gasteiger partial charge is 0.192 e. The van der Waals surface area contributed by atoms with Gasteiger partial charge < -0.3 is 0 Å². The van der Waals surface area contributed by atoms with Crippen LogP contribution >= 0.6 is 15.9 Å². The van der Waals surface area contributed by atoms with Gasteiger partial charge in [-0.2, -0.15) is 18.4 Å². The summed E-state index contributed by atoms with van der Waals surface area (Å²) < 4.78 is 37.9. The van der Waals surface area contributed by atoms with Crippen LogP contribution in [0.15, 0.2) is 24.3 Å². The second-order valence-corrected chi connectivity index (χ2v) is 4.09. The lowest BCUT2D eigenvalue weighted by molar-refractivity contribution is -0.137. The quantitative estimate of drug-likeness (QED) is 0.760. The van der Waals surface area contributed by atoms with Gasteiger partial charge >= 0.3 is 6.18 Å². The van der Waals surface area contributed by atoms with E-state index in [-0.39, 0.29) is 5.56 Å². The van der Waals surface area contributed by atoms with Crippen molar-refractivity contribution in [2.75, 3.05) is 5.33 Å². The zero-order valence-electron chi connectivity index (χ0n) is 8.76. The Hall–Kier alpha value is -1.28. The molecule has 0 aliphatic heterocycles. The molecule has 90 valence electrons. The van der Waals surface area contributed by atoms with E-state index in [1.165, 1.54) is 12.1 Å². The highest BCUT2D eigenvalue weighted by Crippen LogP contribution is 2.32. The predicted octanol–water partition coefficient (Wildman–Crippen LogP) is 4.38. The van der Waals surface area contributed by atoms with Crippen LogP contribution in [-0.4, -0.2) is 5.33 Å². The van der Waals surface area contributed by atoms with Crippen LogP contribution in [0, 0.1) is 11.3 Å². The van der Waals surface area contributed by atoms with Crippen LogP contribution in [0.3, 0.4) is 0 Å². The van der Waals surface area contributed by atoms with Gasteiger partial charge in [0.05, 0.1) is 17.2 Å². The summed E-state index contributed by atoms with van der Waals surface area (Å²) in [5.41, 5.74) is -0.798. The topological polar surface area (TPSA) is 23.8 Å². The fourth-order valence-corrected chi connectivity index (χ4v) is 1.54. The number of hydrogen-bond donors (Lipinski definition) is 0. The average Bonchev–Trinajstić information content (AvgIpc) is 2.28. The zero-order chi connectivity index (χ0) is 12.9. The molecule has 1 nitrogen and oxygen atoms in total. The van der Waals surface area contributed by atoms with Gasteiger partial charge in [0.2, 0.25) is 0 Å². The number of nitriles is 1. The minimum Gasteiger partial charge on any atom is -0.192 e. The molecule has 1 aromatic rings. The minimum absolute atomic E-state index is 0.352. The van der Waals surface area contributed by atoms with Crippen LogP contribution in [0.25, 0.3) is 6.08 Å². The van der Waals surface area contributed by atoms with E-state index < -0.39 is 11.7 Å². The number of alkyl halides is 4. The van der Waals surface area contributed by atoms with Crippen LogP contribution in [0.2, 0.25) is 0 Å². The second kappa shape index (κ2) is 5.87. The second-order valence-electron chi connectivity index (χ2n) is 3.29. The van der Waals surface area contributed by atoms with E-state index in [0.29, 0.717) is 5.56 Å². The van der Waals surface area contributed by atoms with Crippen molar-refractivity contribution >= 4 is 22.0 Å². The standard InChI is InChI=1S/C12H9BrF3N/c13-6-2-1-3-9-4-5-10(8-17)11(7-9)12(14,15)16/h1,3-5,7H,2,6H2. The third kappa shape index (κ3) is 3.90. The maximum absolute atomic E-state index is 12.6. The van der Waals surface area contributed by atoms with Gasteiger partial charge in [-0.1, -0.05) is 34.1 Å². The number of benzene rings is 1. The van der Waals surface area contributed by atoms with E-state index in [1.54, 1.807) is 18.2 Å². The highest BCUT2D eigenvalue weighted by Gasteiger charge is 2.33. The van der Waals surface area contributed by atoms with Crippen molar-refractivity contribution in [3.8, 4) is 6.07 Å². The molecule has 0 amide bonds. The molecule has 0 spiro atoms. The fraction of sp³-hybridized carbons (Fsp3) is 0.250. The number of hydrogen-bond acceptors (Lipinski definition) is 1. The monoisotopic (exact) mass is 303 g/mol. The summed E-state index contributed by atoms with van der Waals surface area (Å²) in [6.07, 6.45) is -0.375. The minimum atomic E-state index is -4.50. The maximum atomic E-state index is 12.6. The van der Waals surface area contributed by atoms with Gasteiger partial charge in [-0.15, -0.1) is 0 Å². The molecule has 0 atom stereocenters. The lowest BCUT2D eigenvalue weighted by Gasteiger charge is -2.09. The summed E-state index contributed by atoms with van der Waals surface area (Å²) in [5, 5.41) is 9.37. The first-order valence-corrected chi connectivity index (χ1v) is 5.95. The molecule has 0 saturated carbocycles. The molecule has 0 saturated heterocycles. The lowest BCUT2D eigenvalue weighted by Crippen LogP contribution is -2.07. The molecule has 0 aliphatic rings. The van der Waals surface area contributed by atoms with E-state index in [9.17, 15) is 13.2 Å². The van der Waals surface area contributed by atoms with Crippen molar-refractivity contribution in [2.24, 2.45) is 0 Å². The molecular weight excluding hydrogens is 295 g/mol. The molecule has 0 aromatic heterocycles. The van der Waals surface area contributed by atoms with Crippen LogP contribution < -0.4 is 0 Å². The summed E-state index contributed by atoms with van der Waals surface area (Å²) in [5.74, 6) is 0. The van der Waals surface area contributed by atoms with Crippen LogP contribution in [-0.2, 0) is 6.18 Å². The van der Waals surface area contributed by atoms with E-state index >= 15 is 0 Å². The third-order valence-corrected chi connectivity index (χ3v) is 2.51. The van der Waals surface area contributed by atoms with Gasteiger partial charge in [0, 0.05) is 5.33 Å². The third-order valence-electron chi connectivity index (χ3n) is 2.06. The molecule has 1 rings (SSSR count). The van der Waals surface area contributed by atoms with E-state index in [2.05, 4.69) is 15.9 Å². The molecule has 0 heterocycles. The average molecular weight is 304 g/mol. The molecular formula is C12H9BrF3N. The zero-order valence-corrected chi connectivity index (χ0v) is 10.3. The Kier molecular flexibility index (Phi) is 4.76. The molecule has 0 fully saturated rings. The largest absolute Gasteiger partial charge is 0.417 e. The van der Waals surface area contributed by atoms with Gasteiger partial charge in [-0.3, -0.25) is 0 Å². The number of nitrogens with zero attached hydrogens (tertiary/aromatic N) is 1.